The Hall–Kier alpha value is -2.16. The first-order chi connectivity index (χ1) is 9.13. The first-order valence-corrected chi connectivity index (χ1v) is 6.13. The van der Waals surface area contributed by atoms with Crippen LogP contribution in [-0.2, 0) is 6.54 Å². The van der Waals surface area contributed by atoms with Crippen molar-refractivity contribution in [2.24, 2.45) is 0 Å². The van der Waals surface area contributed by atoms with Crippen molar-refractivity contribution in [1.29, 1.82) is 0 Å². The molecule has 0 unspecified atom stereocenters. The van der Waals surface area contributed by atoms with E-state index in [0.29, 0.717) is 6.54 Å². The van der Waals surface area contributed by atoms with Crippen LogP contribution in [-0.4, -0.2) is 4.57 Å². The highest BCUT2D eigenvalue weighted by Crippen LogP contribution is 2.20. The van der Waals surface area contributed by atoms with Crippen molar-refractivity contribution in [3.8, 4) is 0 Å². The van der Waals surface area contributed by atoms with E-state index in [9.17, 15) is 8.78 Å². The van der Waals surface area contributed by atoms with Gasteiger partial charge in [-0.25, -0.2) is 8.78 Å². The number of hydrogen-bond donors (Lipinski definition) is 0. The fraction of sp³-hybridized carbons (Fsp3) is 0.125. The van der Waals surface area contributed by atoms with Gasteiger partial charge < -0.3 is 4.57 Å². The number of rotatable bonds is 2. The van der Waals surface area contributed by atoms with Gasteiger partial charge in [-0.1, -0.05) is 6.07 Å². The summed E-state index contributed by atoms with van der Waals surface area (Å²) in [5.41, 5.74) is 2.75. The van der Waals surface area contributed by atoms with Crippen molar-refractivity contribution in [3.05, 3.63) is 71.4 Å². The Labute approximate surface area is 110 Å². The van der Waals surface area contributed by atoms with Crippen LogP contribution >= 0.6 is 0 Å². The summed E-state index contributed by atoms with van der Waals surface area (Å²) in [5.74, 6) is -0.508. The highest BCUT2D eigenvalue weighted by molar-refractivity contribution is 5.80. The third-order valence-corrected chi connectivity index (χ3v) is 3.39. The minimum absolute atomic E-state index is 0.247. The summed E-state index contributed by atoms with van der Waals surface area (Å²) in [6.07, 6.45) is 1.90. The molecule has 0 atom stereocenters. The van der Waals surface area contributed by atoms with E-state index in [-0.39, 0.29) is 11.6 Å². The van der Waals surface area contributed by atoms with Crippen LogP contribution in [0.25, 0.3) is 10.9 Å². The van der Waals surface area contributed by atoms with E-state index in [2.05, 4.69) is 0 Å². The van der Waals surface area contributed by atoms with Crippen LogP contribution in [0.2, 0.25) is 0 Å². The Morgan fingerprint density at radius 1 is 0.947 bits per heavy atom. The fourth-order valence-corrected chi connectivity index (χ4v) is 2.29. The number of nitrogens with zero attached hydrogens (tertiary/aromatic N) is 1. The van der Waals surface area contributed by atoms with E-state index < -0.39 is 0 Å². The minimum Gasteiger partial charge on any atom is -0.343 e. The number of fused-ring (bicyclic) bond motifs is 1. The zero-order valence-corrected chi connectivity index (χ0v) is 10.5. The first-order valence-electron chi connectivity index (χ1n) is 6.13. The molecule has 0 bridgehead atoms. The zero-order chi connectivity index (χ0) is 13.4. The number of aromatic nitrogens is 1. The van der Waals surface area contributed by atoms with Gasteiger partial charge in [0.15, 0.2) is 0 Å². The summed E-state index contributed by atoms with van der Waals surface area (Å²) in [5, 5.41) is 0.982. The third kappa shape index (κ3) is 2.24. The lowest BCUT2D eigenvalue weighted by atomic mass is 10.1. The Bertz CT molecular complexity index is 744. The second-order valence-corrected chi connectivity index (χ2v) is 4.72. The van der Waals surface area contributed by atoms with Crippen LogP contribution in [0.15, 0.2) is 48.7 Å². The van der Waals surface area contributed by atoms with Gasteiger partial charge in [0.1, 0.15) is 11.6 Å². The lowest BCUT2D eigenvalue weighted by Crippen LogP contribution is -2.00. The maximum Gasteiger partial charge on any atom is 0.125 e. The molecule has 0 saturated carbocycles. The third-order valence-electron chi connectivity index (χ3n) is 3.39. The van der Waals surface area contributed by atoms with Gasteiger partial charge in [0.2, 0.25) is 0 Å². The van der Waals surface area contributed by atoms with Crippen LogP contribution < -0.4 is 0 Å². The molecule has 0 amide bonds. The molecular weight excluding hydrogens is 244 g/mol. The standard InChI is InChI=1S/C16H13F2N/c1-11-2-4-14(17)8-13(11)10-19-7-6-12-3-5-15(18)9-16(12)19/h2-9H,10H2,1H3. The van der Waals surface area contributed by atoms with Gasteiger partial charge in [-0.05, 0) is 59.8 Å². The van der Waals surface area contributed by atoms with Gasteiger partial charge in [0.05, 0.1) is 5.52 Å². The number of hydrogen-bond acceptors (Lipinski definition) is 0. The molecule has 0 aliphatic heterocycles. The van der Waals surface area contributed by atoms with Crippen molar-refractivity contribution < 1.29 is 8.78 Å². The Balaban J connectivity index is 2.05. The molecule has 0 aliphatic carbocycles. The number of benzene rings is 2. The van der Waals surface area contributed by atoms with Crippen LogP contribution in [0.5, 0.6) is 0 Å². The average Bonchev–Trinajstić information content (AvgIpc) is 2.77. The fourth-order valence-electron chi connectivity index (χ4n) is 2.29. The molecule has 3 aromatic rings. The van der Waals surface area contributed by atoms with Gasteiger partial charge in [0, 0.05) is 12.7 Å². The molecule has 3 heteroatoms. The quantitative estimate of drug-likeness (QED) is 0.646. The van der Waals surface area contributed by atoms with Crippen LogP contribution in [0.4, 0.5) is 8.78 Å². The van der Waals surface area contributed by atoms with Crippen LogP contribution in [0.1, 0.15) is 11.1 Å². The van der Waals surface area contributed by atoms with Crippen molar-refractivity contribution >= 4 is 10.9 Å². The van der Waals surface area contributed by atoms with E-state index in [4.69, 9.17) is 0 Å². The molecule has 96 valence electrons. The normalized spacial score (nSPS) is 11.1. The van der Waals surface area contributed by atoms with Gasteiger partial charge in [-0.15, -0.1) is 0 Å². The molecule has 0 aliphatic rings. The predicted octanol–water partition coefficient (Wildman–Crippen LogP) is 4.28. The van der Waals surface area contributed by atoms with Gasteiger partial charge in [0.25, 0.3) is 0 Å². The summed E-state index contributed by atoms with van der Waals surface area (Å²) in [7, 11) is 0. The minimum atomic E-state index is -0.261. The number of aryl methyl sites for hydroxylation is 1. The Morgan fingerprint density at radius 3 is 2.53 bits per heavy atom. The summed E-state index contributed by atoms with van der Waals surface area (Å²) >= 11 is 0. The average molecular weight is 257 g/mol. The van der Waals surface area contributed by atoms with E-state index in [0.717, 1.165) is 22.0 Å². The van der Waals surface area contributed by atoms with E-state index in [1.807, 2.05) is 23.8 Å². The van der Waals surface area contributed by atoms with E-state index in [1.165, 1.54) is 24.3 Å². The van der Waals surface area contributed by atoms with Gasteiger partial charge in [-0.3, -0.25) is 0 Å². The van der Waals surface area contributed by atoms with E-state index >= 15 is 0 Å². The second kappa shape index (κ2) is 4.50. The smallest absolute Gasteiger partial charge is 0.125 e. The first kappa shape index (κ1) is 11.9. The maximum atomic E-state index is 13.3. The molecule has 1 nitrogen and oxygen atoms in total. The lowest BCUT2D eigenvalue weighted by molar-refractivity contribution is 0.622. The largest absolute Gasteiger partial charge is 0.343 e. The maximum absolute atomic E-state index is 13.3. The molecule has 19 heavy (non-hydrogen) atoms. The van der Waals surface area contributed by atoms with Crippen LogP contribution in [0.3, 0.4) is 0 Å². The molecule has 0 saturated heterocycles. The van der Waals surface area contributed by atoms with Crippen molar-refractivity contribution in [3.63, 3.8) is 0 Å². The van der Waals surface area contributed by atoms with Gasteiger partial charge in [-0.2, -0.15) is 0 Å². The molecule has 2 aromatic carbocycles. The van der Waals surface area contributed by atoms with Gasteiger partial charge >= 0.3 is 0 Å². The highest BCUT2D eigenvalue weighted by atomic mass is 19.1. The Kier molecular flexibility index (Phi) is 2.82. The summed E-state index contributed by atoms with van der Waals surface area (Å²) < 4.78 is 28.5. The van der Waals surface area contributed by atoms with Crippen molar-refractivity contribution in [1.82, 2.24) is 4.57 Å². The van der Waals surface area contributed by atoms with E-state index in [1.54, 1.807) is 12.1 Å². The zero-order valence-electron chi connectivity index (χ0n) is 10.5. The highest BCUT2D eigenvalue weighted by Gasteiger charge is 2.06. The lowest BCUT2D eigenvalue weighted by Gasteiger charge is -2.09. The molecule has 1 heterocycles. The monoisotopic (exact) mass is 257 g/mol. The molecule has 0 radical (unpaired) electrons. The SMILES string of the molecule is Cc1ccc(F)cc1Cn1ccc2ccc(F)cc21. The molecule has 0 fully saturated rings. The van der Waals surface area contributed by atoms with Crippen molar-refractivity contribution in [2.45, 2.75) is 13.5 Å². The molecule has 0 spiro atoms. The summed E-state index contributed by atoms with van der Waals surface area (Å²) in [4.78, 5) is 0. The Morgan fingerprint density at radius 2 is 1.68 bits per heavy atom. The molecule has 3 rings (SSSR count). The second-order valence-electron chi connectivity index (χ2n) is 4.72. The summed E-state index contributed by atoms with van der Waals surface area (Å²) in [6, 6.07) is 11.4. The van der Waals surface area contributed by atoms with Crippen LogP contribution in [0, 0.1) is 18.6 Å². The molecule has 0 N–H and O–H groups in total. The molecule has 1 aromatic heterocycles. The summed E-state index contributed by atoms with van der Waals surface area (Å²) in [6.45, 7) is 2.48. The number of halogens is 2. The predicted molar refractivity (Wildman–Crippen MR) is 72.1 cm³/mol. The van der Waals surface area contributed by atoms with Crippen molar-refractivity contribution in [2.75, 3.05) is 0 Å². The topological polar surface area (TPSA) is 4.93 Å². The molecular formula is C16H13F2N.